The van der Waals surface area contributed by atoms with Gasteiger partial charge in [-0.05, 0) is 62.2 Å². The van der Waals surface area contributed by atoms with Gasteiger partial charge in [-0.15, -0.1) is 0 Å². The lowest BCUT2D eigenvalue weighted by Crippen LogP contribution is -2.47. The maximum absolute atomic E-state index is 12.5. The van der Waals surface area contributed by atoms with Crippen molar-refractivity contribution in [1.82, 2.24) is 9.62 Å². The van der Waals surface area contributed by atoms with Gasteiger partial charge in [0.1, 0.15) is 11.9 Å². The third kappa shape index (κ3) is 6.34. The molecule has 0 radical (unpaired) electrons. The van der Waals surface area contributed by atoms with Crippen molar-refractivity contribution in [3.05, 3.63) is 65.7 Å². The van der Waals surface area contributed by atoms with Gasteiger partial charge in [-0.2, -0.15) is 0 Å². The highest BCUT2D eigenvalue weighted by molar-refractivity contribution is 7.89. The number of cyclic esters (lactones) is 1. The number of benzene rings is 2. The topological polar surface area (TPSA) is 129 Å². The second-order valence-corrected chi connectivity index (χ2v) is 10.7. The number of carbonyl (C=O) groups excluding carboxylic acids is 1. The number of amides is 1. The Morgan fingerprint density at radius 1 is 1.09 bits per heavy atom. The Bertz CT molecular complexity index is 1100. The van der Waals surface area contributed by atoms with Crippen molar-refractivity contribution in [1.29, 1.82) is 5.41 Å². The van der Waals surface area contributed by atoms with Gasteiger partial charge in [0.05, 0.1) is 12.3 Å². The summed E-state index contributed by atoms with van der Waals surface area (Å²) in [7, 11) is -3.34. The van der Waals surface area contributed by atoms with Crippen LogP contribution in [-0.2, 0) is 21.2 Å². The standard InChI is InChI=1S/C24H31N5O4S/c25-23(26)19-6-8-21(9-7-19)29-17-22(33-24(29)30)16-28-13-10-20(11-14-28)27-34(31,32)15-12-18-4-2-1-3-5-18/h1-9,20,22,27H,10-17H2,(H3,25,26). The molecule has 2 aromatic rings. The van der Waals surface area contributed by atoms with E-state index in [0.717, 1.165) is 31.5 Å². The van der Waals surface area contributed by atoms with Crippen LogP contribution in [0, 0.1) is 5.41 Å². The van der Waals surface area contributed by atoms with Crippen molar-refractivity contribution in [2.24, 2.45) is 5.73 Å². The molecule has 4 rings (SSSR count). The first kappa shape index (κ1) is 24.2. The number of anilines is 1. The first-order valence-corrected chi connectivity index (χ1v) is 13.1. The predicted molar refractivity (Wildman–Crippen MR) is 132 cm³/mol. The SMILES string of the molecule is N=C(N)c1ccc(N2CC(CN3CCC(NS(=O)(=O)CCc4ccccc4)CC3)OC2=O)cc1. The quantitative estimate of drug-likeness (QED) is 0.368. The molecule has 0 bridgehead atoms. The van der Waals surface area contributed by atoms with Gasteiger partial charge in [0.2, 0.25) is 10.0 Å². The summed E-state index contributed by atoms with van der Waals surface area (Å²) in [6, 6.07) is 16.5. The van der Waals surface area contributed by atoms with Gasteiger partial charge >= 0.3 is 6.09 Å². The Labute approximate surface area is 200 Å². The lowest BCUT2D eigenvalue weighted by atomic mass is 10.1. The van der Waals surface area contributed by atoms with E-state index in [9.17, 15) is 13.2 Å². The molecule has 34 heavy (non-hydrogen) atoms. The van der Waals surface area contributed by atoms with Crippen LogP contribution >= 0.6 is 0 Å². The minimum absolute atomic E-state index is 0.0182. The molecule has 4 N–H and O–H groups in total. The molecular weight excluding hydrogens is 454 g/mol. The van der Waals surface area contributed by atoms with Crippen LogP contribution in [0.4, 0.5) is 10.5 Å². The van der Waals surface area contributed by atoms with Crippen molar-refractivity contribution in [2.75, 3.05) is 36.8 Å². The zero-order valence-electron chi connectivity index (χ0n) is 19.0. The molecular formula is C24H31N5O4S. The summed E-state index contributed by atoms with van der Waals surface area (Å²) in [5.41, 5.74) is 7.81. The molecule has 1 amide bonds. The summed E-state index contributed by atoms with van der Waals surface area (Å²) < 4.78 is 33.4. The monoisotopic (exact) mass is 485 g/mol. The molecule has 182 valence electrons. The first-order valence-electron chi connectivity index (χ1n) is 11.5. The Morgan fingerprint density at radius 2 is 1.76 bits per heavy atom. The predicted octanol–water partition coefficient (Wildman–Crippen LogP) is 1.92. The van der Waals surface area contributed by atoms with E-state index in [1.54, 1.807) is 29.2 Å². The molecule has 2 aliphatic heterocycles. The largest absolute Gasteiger partial charge is 0.443 e. The molecule has 0 saturated carbocycles. The van der Waals surface area contributed by atoms with Crippen molar-refractivity contribution in [3.8, 4) is 0 Å². The fraction of sp³-hybridized carbons (Fsp3) is 0.417. The van der Waals surface area contributed by atoms with E-state index in [1.807, 2.05) is 30.3 Å². The van der Waals surface area contributed by atoms with Crippen LogP contribution < -0.4 is 15.4 Å². The molecule has 0 aromatic heterocycles. The van der Waals surface area contributed by atoms with Crippen molar-refractivity contribution >= 4 is 27.6 Å². The number of nitrogens with one attached hydrogen (secondary N) is 2. The van der Waals surface area contributed by atoms with Crippen LogP contribution in [0.3, 0.4) is 0 Å². The maximum Gasteiger partial charge on any atom is 0.414 e. The number of nitrogens with zero attached hydrogens (tertiary/aromatic N) is 2. The molecule has 2 saturated heterocycles. The zero-order valence-corrected chi connectivity index (χ0v) is 19.8. The highest BCUT2D eigenvalue weighted by Gasteiger charge is 2.34. The van der Waals surface area contributed by atoms with Gasteiger partial charge in [-0.25, -0.2) is 17.9 Å². The number of hydrogen-bond acceptors (Lipinski definition) is 6. The third-order valence-electron chi connectivity index (χ3n) is 6.26. The summed E-state index contributed by atoms with van der Waals surface area (Å²) in [6.45, 7) is 2.55. The summed E-state index contributed by atoms with van der Waals surface area (Å²) in [6.07, 6.45) is 1.31. The zero-order chi connectivity index (χ0) is 24.1. The number of nitrogens with two attached hydrogens (primary N) is 1. The number of piperidine rings is 1. The molecule has 9 nitrogen and oxygen atoms in total. The van der Waals surface area contributed by atoms with Crippen molar-refractivity contribution in [3.63, 3.8) is 0 Å². The first-order chi connectivity index (χ1) is 16.3. The molecule has 10 heteroatoms. The van der Waals surface area contributed by atoms with E-state index in [0.29, 0.717) is 30.8 Å². The highest BCUT2D eigenvalue weighted by Crippen LogP contribution is 2.23. The number of sulfonamides is 1. The fourth-order valence-corrected chi connectivity index (χ4v) is 5.75. The van der Waals surface area contributed by atoms with Crippen LogP contribution in [0.5, 0.6) is 0 Å². The van der Waals surface area contributed by atoms with Gasteiger partial charge in [-0.1, -0.05) is 30.3 Å². The van der Waals surface area contributed by atoms with Crippen LogP contribution in [0.2, 0.25) is 0 Å². The number of carbonyl (C=O) groups is 1. The van der Waals surface area contributed by atoms with Crippen LogP contribution in [0.1, 0.15) is 24.0 Å². The number of hydrogen-bond donors (Lipinski definition) is 3. The Morgan fingerprint density at radius 3 is 2.41 bits per heavy atom. The summed E-state index contributed by atoms with van der Waals surface area (Å²) in [5, 5.41) is 7.48. The molecule has 1 atom stereocenters. The van der Waals surface area contributed by atoms with E-state index in [2.05, 4.69) is 9.62 Å². The van der Waals surface area contributed by atoms with Crippen molar-refractivity contribution in [2.45, 2.75) is 31.4 Å². The third-order valence-corrected chi connectivity index (χ3v) is 7.70. The average Bonchev–Trinajstić information content (AvgIpc) is 3.19. The van der Waals surface area contributed by atoms with Gasteiger partial charge in [0, 0.05) is 23.8 Å². The van der Waals surface area contributed by atoms with Gasteiger partial charge in [0.15, 0.2) is 0 Å². The van der Waals surface area contributed by atoms with Crippen molar-refractivity contribution < 1.29 is 17.9 Å². The molecule has 2 aromatic carbocycles. The number of aryl methyl sites for hydroxylation is 1. The number of rotatable bonds is 9. The normalized spacial score (nSPS) is 19.8. The second kappa shape index (κ2) is 10.5. The maximum atomic E-state index is 12.5. The summed E-state index contributed by atoms with van der Waals surface area (Å²) >= 11 is 0. The number of likely N-dealkylation sites (tertiary alicyclic amines) is 1. The molecule has 2 heterocycles. The van der Waals surface area contributed by atoms with Gasteiger partial charge in [0.25, 0.3) is 0 Å². The van der Waals surface area contributed by atoms with Crippen LogP contribution in [0.25, 0.3) is 0 Å². The lowest BCUT2D eigenvalue weighted by Gasteiger charge is -2.33. The van der Waals surface area contributed by atoms with E-state index < -0.39 is 10.0 Å². The molecule has 0 spiro atoms. The molecule has 0 aliphatic carbocycles. The number of ether oxygens (including phenoxy) is 1. The second-order valence-electron chi connectivity index (χ2n) is 8.82. The Kier molecular flexibility index (Phi) is 7.50. The minimum Gasteiger partial charge on any atom is -0.443 e. The molecule has 1 unspecified atom stereocenters. The Hall–Kier alpha value is -2.95. The number of amidine groups is 1. The van der Waals surface area contributed by atoms with Crippen LogP contribution in [0.15, 0.2) is 54.6 Å². The van der Waals surface area contributed by atoms with Gasteiger partial charge < -0.3 is 10.5 Å². The highest BCUT2D eigenvalue weighted by atomic mass is 32.2. The summed E-state index contributed by atoms with van der Waals surface area (Å²) in [4.78, 5) is 16.2. The lowest BCUT2D eigenvalue weighted by molar-refractivity contribution is 0.0968. The fourth-order valence-electron chi connectivity index (χ4n) is 4.38. The Balaban J connectivity index is 1.22. The van der Waals surface area contributed by atoms with Gasteiger partial charge in [-0.3, -0.25) is 15.2 Å². The number of nitrogen functional groups attached to an aromatic ring is 1. The van der Waals surface area contributed by atoms with E-state index in [1.165, 1.54) is 0 Å². The van der Waals surface area contributed by atoms with E-state index >= 15 is 0 Å². The van der Waals surface area contributed by atoms with E-state index in [-0.39, 0.29) is 29.8 Å². The smallest absolute Gasteiger partial charge is 0.414 e. The summed E-state index contributed by atoms with van der Waals surface area (Å²) in [5.74, 6) is 0.0636. The van der Waals surface area contributed by atoms with Crippen LogP contribution in [-0.4, -0.2) is 69.3 Å². The van der Waals surface area contributed by atoms with E-state index in [4.69, 9.17) is 15.9 Å². The molecule has 2 aliphatic rings. The molecule has 2 fully saturated rings. The minimum atomic E-state index is -3.34. The average molecular weight is 486 g/mol.